The summed E-state index contributed by atoms with van der Waals surface area (Å²) in [6, 6.07) is 0. The van der Waals surface area contributed by atoms with Crippen LogP contribution in [-0.2, 0) is 0 Å². The first kappa shape index (κ1) is 11.0. The van der Waals surface area contributed by atoms with E-state index in [1.54, 1.807) is 6.92 Å². The van der Waals surface area contributed by atoms with Gasteiger partial charge in [-0.25, -0.2) is 0 Å². The lowest BCUT2D eigenvalue weighted by Crippen LogP contribution is -2.39. The Kier molecular flexibility index (Phi) is 2.72. The van der Waals surface area contributed by atoms with Crippen LogP contribution in [0.2, 0.25) is 0 Å². The summed E-state index contributed by atoms with van der Waals surface area (Å²) in [5, 5.41) is 19.3. The van der Waals surface area contributed by atoms with Crippen LogP contribution >= 0.6 is 0 Å². The smallest absolute Gasteiger partial charge is 0.0882 e. The molecule has 0 aliphatic heterocycles. The molecule has 0 heterocycles. The Balaban J connectivity index is 2.50. The molecule has 1 aliphatic carbocycles. The van der Waals surface area contributed by atoms with Gasteiger partial charge < -0.3 is 14.7 Å². The van der Waals surface area contributed by atoms with Gasteiger partial charge in [0.2, 0.25) is 0 Å². The van der Waals surface area contributed by atoms with Gasteiger partial charge in [0, 0.05) is 5.92 Å². The lowest BCUT2D eigenvalue weighted by Gasteiger charge is -2.27. The monoisotopic (exact) mass is 188 g/mol. The van der Waals surface area contributed by atoms with Gasteiger partial charge in [-0.2, -0.15) is 0 Å². The SMILES string of the molecule is C[C@]1(O)C[C@H](C[N+](C)(C)C)C[C@H]1O. The average molecular weight is 188 g/mol. The molecule has 0 amide bonds. The minimum atomic E-state index is -0.861. The van der Waals surface area contributed by atoms with Gasteiger partial charge in [0.05, 0.1) is 39.4 Å². The second kappa shape index (κ2) is 3.23. The highest BCUT2D eigenvalue weighted by atomic mass is 16.3. The molecule has 0 radical (unpaired) electrons. The fourth-order valence-electron chi connectivity index (χ4n) is 2.29. The Morgan fingerprint density at radius 2 is 1.92 bits per heavy atom. The van der Waals surface area contributed by atoms with Gasteiger partial charge in [0.25, 0.3) is 0 Å². The van der Waals surface area contributed by atoms with Gasteiger partial charge in [-0.3, -0.25) is 0 Å². The van der Waals surface area contributed by atoms with E-state index in [1.807, 2.05) is 0 Å². The zero-order valence-corrected chi connectivity index (χ0v) is 9.12. The van der Waals surface area contributed by atoms with Crippen molar-refractivity contribution in [1.82, 2.24) is 0 Å². The van der Waals surface area contributed by atoms with Crippen LogP contribution in [0.4, 0.5) is 0 Å². The lowest BCUT2D eigenvalue weighted by molar-refractivity contribution is -0.873. The normalized spacial score (nSPS) is 41.1. The van der Waals surface area contributed by atoms with E-state index in [0.29, 0.717) is 5.92 Å². The largest absolute Gasteiger partial charge is 0.390 e. The molecule has 1 rings (SSSR count). The maximum Gasteiger partial charge on any atom is 0.0882 e. The number of hydrogen-bond acceptors (Lipinski definition) is 2. The molecule has 1 saturated carbocycles. The van der Waals surface area contributed by atoms with Crippen LogP contribution in [0.25, 0.3) is 0 Å². The van der Waals surface area contributed by atoms with E-state index < -0.39 is 11.7 Å². The molecular formula is C10H22NO2+. The van der Waals surface area contributed by atoms with Crippen molar-refractivity contribution in [3.8, 4) is 0 Å². The van der Waals surface area contributed by atoms with Crippen LogP contribution in [0.3, 0.4) is 0 Å². The quantitative estimate of drug-likeness (QED) is 0.608. The van der Waals surface area contributed by atoms with E-state index in [4.69, 9.17) is 0 Å². The van der Waals surface area contributed by atoms with Crippen LogP contribution < -0.4 is 0 Å². The summed E-state index contributed by atoms with van der Waals surface area (Å²) in [5.41, 5.74) is -0.861. The number of aliphatic hydroxyl groups excluding tert-OH is 1. The Labute approximate surface area is 80.6 Å². The molecule has 13 heavy (non-hydrogen) atoms. The third kappa shape index (κ3) is 2.93. The van der Waals surface area contributed by atoms with Crippen molar-refractivity contribution >= 4 is 0 Å². The molecule has 3 nitrogen and oxygen atoms in total. The zero-order chi connectivity index (χ0) is 10.3. The first-order valence-corrected chi connectivity index (χ1v) is 4.91. The molecule has 3 heteroatoms. The highest BCUT2D eigenvalue weighted by Crippen LogP contribution is 2.35. The van der Waals surface area contributed by atoms with E-state index in [1.165, 1.54) is 0 Å². The topological polar surface area (TPSA) is 40.5 Å². The molecule has 3 atom stereocenters. The van der Waals surface area contributed by atoms with E-state index >= 15 is 0 Å². The second-order valence-corrected chi connectivity index (χ2v) is 5.65. The van der Waals surface area contributed by atoms with Crippen LogP contribution in [0.15, 0.2) is 0 Å². The number of quaternary nitrogens is 1. The molecule has 0 saturated heterocycles. The van der Waals surface area contributed by atoms with Crippen LogP contribution in [0.5, 0.6) is 0 Å². The van der Waals surface area contributed by atoms with Crippen LogP contribution in [0, 0.1) is 5.92 Å². The first-order valence-electron chi connectivity index (χ1n) is 4.91. The fraction of sp³-hybridized carbons (Fsp3) is 1.00. The molecule has 78 valence electrons. The summed E-state index contributed by atoms with van der Waals surface area (Å²) < 4.78 is 0.896. The van der Waals surface area contributed by atoms with Gasteiger partial charge in [-0.05, 0) is 19.8 Å². The summed E-state index contributed by atoms with van der Waals surface area (Å²) in [6.45, 7) is 2.75. The van der Waals surface area contributed by atoms with Crippen molar-refractivity contribution in [3.63, 3.8) is 0 Å². The molecule has 0 spiro atoms. The number of rotatable bonds is 2. The standard InChI is InChI=1S/C10H22NO2/c1-10(13)6-8(5-9(10)12)7-11(2,3)4/h8-9,12-13H,5-7H2,1-4H3/q+1/t8-,9-,10+/m1/s1. The van der Waals surface area contributed by atoms with Crippen molar-refractivity contribution in [2.45, 2.75) is 31.5 Å². The minimum Gasteiger partial charge on any atom is -0.390 e. The number of nitrogens with zero attached hydrogens (tertiary/aromatic N) is 1. The Morgan fingerprint density at radius 1 is 1.38 bits per heavy atom. The predicted molar refractivity (Wildman–Crippen MR) is 52.3 cm³/mol. The second-order valence-electron chi connectivity index (χ2n) is 5.65. The third-order valence-electron chi connectivity index (χ3n) is 2.78. The van der Waals surface area contributed by atoms with E-state index in [2.05, 4.69) is 21.1 Å². The van der Waals surface area contributed by atoms with Crippen molar-refractivity contribution in [2.24, 2.45) is 5.92 Å². The van der Waals surface area contributed by atoms with Crippen molar-refractivity contribution in [2.75, 3.05) is 27.7 Å². The first-order chi connectivity index (χ1) is 5.71. The van der Waals surface area contributed by atoms with E-state index in [-0.39, 0.29) is 0 Å². The number of aliphatic hydroxyl groups is 2. The maximum atomic E-state index is 9.77. The molecule has 0 bridgehead atoms. The van der Waals surface area contributed by atoms with Crippen molar-refractivity contribution in [1.29, 1.82) is 0 Å². The van der Waals surface area contributed by atoms with Gasteiger partial charge in [0.15, 0.2) is 0 Å². The molecule has 0 aromatic rings. The molecule has 0 aromatic heterocycles. The highest BCUT2D eigenvalue weighted by molar-refractivity contribution is 4.92. The van der Waals surface area contributed by atoms with Crippen LogP contribution in [0.1, 0.15) is 19.8 Å². The Morgan fingerprint density at radius 3 is 2.23 bits per heavy atom. The summed E-state index contributed by atoms with van der Waals surface area (Å²) in [7, 11) is 6.41. The van der Waals surface area contributed by atoms with E-state index in [0.717, 1.165) is 23.9 Å². The third-order valence-corrected chi connectivity index (χ3v) is 2.78. The van der Waals surface area contributed by atoms with Gasteiger partial charge in [0.1, 0.15) is 0 Å². The maximum absolute atomic E-state index is 9.77. The molecular weight excluding hydrogens is 166 g/mol. The highest BCUT2D eigenvalue weighted by Gasteiger charge is 2.43. The fourth-order valence-corrected chi connectivity index (χ4v) is 2.29. The summed E-state index contributed by atoms with van der Waals surface area (Å²) in [6.07, 6.45) is 0.927. The summed E-state index contributed by atoms with van der Waals surface area (Å²) in [4.78, 5) is 0. The van der Waals surface area contributed by atoms with E-state index in [9.17, 15) is 10.2 Å². The van der Waals surface area contributed by atoms with Crippen molar-refractivity contribution < 1.29 is 14.7 Å². The summed E-state index contributed by atoms with van der Waals surface area (Å²) in [5.74, 6) is 0.449. The zero-order valence-electron chi connectivity index (χ0n) is 9.12. The van der Waals surface area contributed by atoms with Crippen molar-refractivity contribution in [3.05, 3.63) is 0 Å². The summed E-state index contributed by atoms with van der Waals surface area (Å²) >= 11 is 0. The van der Waals surface area contributed by atoms with Crippen LogP contribution in [-0.4, -0.2) is 54.1 Å². The molecule has 0 aromatic carbocycles. The average Bonchev–Trinajstić information content (AvgIpc) is 2.01. The molecule has 0 unspecified atom stereocenters. The lowest BCUT2D eigenvalue weighted by atomic mass is 10.0. The Bertz CT molecular complexity index is 182. The minimum absolute atomic E-state index is 0.449. The van der Waals surface area contributed by atoms with Gasteiger partial charge in [-0.15, -0.1) is 0 Å². The van der Waals surface area contributed by atoms with Gasteiger partial charge in [-0.1, -0.05) is 0 Å². The molecule has 1 fully saturated rings. The predicted octanol–water partition coefficient (Wildman–Crippen LogP) is 0.214. The number of hydrogen-bond donors (Lipinski definition) is 2. The molecule has 1 aliphatic rings. The molecule has 2 N–H and O–H groups in total. The Hall–Kier alpha value is -0.120. The van der Waals surface area contributed by atoms with Gasteiger partial charge >= 0.3 is 0 Å².